The highest BCUT2D eigenvalue weighted by Crippen LogP contribution is 2.43. The number of benzene rings is 7. The number of para-hydroxylation sites is 2. The molecule has 0 fully saturated rings. The molecule has 0 aliphatic rings. The first-order chi connectivity index (χ1) is 22.7. The number of nitrogens with zero attached hydrogens (tertiary/aromatic N) is 2. The quantitative estimate of drug-likeness (QED) is 0.197. The van der Waals surface area contributed by atoms with Crippen LogP contribution in [0.15, 0.2) is 158 Å². The molecule has 214 valence electrons. The SMILES string of the molecule is N#Cc1cc(-c2cccc(-c3cc(-c4ccccc4)c4sc5ccccc5c4c3)c2)cc(-n2c3ccccc3c3ccccc32)c1. The van der Waals surface area contributed by atoms with Crippen LogP contribution in [0.25, 0.3) is 81.0 Å². The van der Waals surface area contributed by atoms with Crippen molar-refractivity contribution in [3.63, 3.8) is 0 Å². The highest BCUT2D eigenvalue weighted by molar-refractivity contribution is 7.26. The lowest BCUT2D eigenvalue weighted by Gasteiger charge is -2.13. The first kappa shape index (κ1) is 26.5. The second-order valence-electron chi connectivity index (χ2n) is 11.7. The molecule has 3 heteroatoms. The van der Waals surface area contributed by atoms with Crippen molar-refractivity contribution in [2.75, 3.05) is 0 Å². The molecule has 0 radical (unpaired) electrons. The van der Waals surface area contributed by atoms with E-state index < -0.39 is 0 Å². The Kier molecular flexibility index (Phi) is 6.09. The summed E-state index contributed by atoms with van der Waals surface area (Å²) in [5.41, 5.74) is 10.8. The van der Waals surface area contributed by atoms with E-state index in [-0.39, 0.29) is 0 Å². The molecule has 46 heavy (non-hydrogen) atoms. The molecule has 0 bridgehead atoms. The van der Waals surface area contributed by atoms with Crippen molar-refractivity contribution in [1.82, 2.24) is 4.57 Å². The van der Waals surface area contributed by atoms with Crippen LogP contribution in [0.5, 0.6) is 0 Å². The van der Waals surface area contributed by atoms with Crippen LogP contribution in [0.1, 0.15) is 5.56 Å². The summed E-state index contributed by atoms with van der Waals surface area (Å²) in [6, 6.07) is 58.4. The number of nitriles is 1. The Bertz CT molecular complexity index is 2600. The van der Waals surface area contributed by atoms with Crippen molar-refractivity contribution in [3.05, 3.63) is 163 Å². The van der Waals surface area contributed by atoms with Gasteiger partial charge >= 0.3 is 0 Å². The molecule has 0 saturated carbocycles. The van der Waals surface area contributed by atoms with Gasteiger partial charge in [-0.15, -0.1) is 11.3 Å². The van der Waals surface area contributed by atoms with Crippen LogP contribution in [-0.2, 0) is 0 Å². The average Bonchev–Trinajstić information content (AvgIpc) is 3.67. The van der Waals surface area contributed by atoms with Gasteiger partial charge in [-0.25, -0.2) is 0 Å². The summed E-state index contributed by atoms with van der Waals surface area (Å²) < 4.78 is 4.89. The molecule has 0 aliphatic carbocycles. The summed E-state index contributed by atoms with van der Waals surface area (Å²) >= 11 is 1.86. The van der Waals surface area contributed by atoms with Gasteiger partial charge in [-0.3, -0.25) is 0 Å². The monoisotopic (exact) mass is 602 g/mol. The lowest BCUT2D eigenvalue weighted by Crippen LogP contribution is -1.96. The molecule has 9 rings (SSSR count). The molecule has 0 N–H and O–H groups in total. The number of rotatable bonds is 4. The van der Waals surface area contributed by atoms with Crippen LogP contribution < -0.4 is 0 Å². The molecule has 0 aliphatic heterocycles. The van der Waals surface area contributed by atoms with Crippen molar-refractivity contribution in [2.45, 2.75) is 0 Å². The third kappa shape index (κ3) is 4.24. The summed E-state index contributed by atoms with van der Waals surface area (Å²) in [4.78, 5) is 0. The van der Waals surface area contributed by atoms with E-state index >= 15 is 0 Å². The Morgan fingerprint density at radius 2 is 1.07 bits per heavy atom. The topological polar surface area (TPSA) is 28.7 Å². The Morgan fingerprint density at radius 1 is 0.457 bits per heavy atom. The maximum absolute atomic E-state index is 10.1. The van der Waals surface area contributed by atoms with Crippen molar-refractivity contribution in [3.8, 4) is 45.1 Å². The Balaban J connectivity index is 1.24. The summed E-state index contributed by atoms with van der Waals surface area (Å²) in [5, 5.41) is 15.1. The van der Waals surface area contributed by atoms with E-state index in [1.165, 1.54) is 47.6 Å². The van der Waals surface area contributed by atoms with E-state index in [0.29, 0.717) is 5.56 Å². The molecule has 0 atom stereocenters. The van der Waals surface area contributed by atoms with Gasteiger partial charge in [0.25, 0.3) is 0 Å². The number of thiophene rings is 1. The largest absolute Gasteiger partial charge is 0.309 e. The molecule has 9 aromatic rings. The lowest BCUT2D eigenvalue weighted by atomic mass is 9.93. The fourth-order valence-corrected chi connectivity index (χ4v) is 8.10. The van der Waals surface area contributed by atoms with Gasteiger partial charge in [0, 0.05) is 42.2 Å². The minimum absolute atomic E-state index is 0.636. The van der Waals surface area contributed by atoms with Crippen molar-refractivity contribution >= 4 is 53.3 Å². The third-order valence-corrected chi connectivity index (χ3v) is 10.2. The van der Waals surface area contributed by atoms with Crippen LogP contribution in [0.4, 0.5) is 0 Å². The number of fused-ring (bicyclic) bond motifs is 6. The molecule has 2 aromatic heterocycles. The summed E-state index contributed by atoms with van der Waals surface area (Å²) in [6.07, 6.45) is 0. The summed E-state index contributed by atoms with van der Waals surface area (Å²) in [7, 11) is 0. The van der Waals surface area contributed by atoms with Gasteiger partial charge in [0.2, 0.25) is 0 Å². The average molecular weight is 603 g/mol. The van der Waals surface area contributed by atoms with Crippen LogP contribution >= 0.6 is 11.3 Å². The van der Waals surface area contributed by atoms with Crippen molar-refractivity contribution < 1.29 is 0 Å². The normalized spacial score (nSPS) is 11.5. The van der Waals surface area contributed by atoms with Crippen LogP contribution in [-0.4, -0.2) is 4.57 Å². The molecule has 7 aromatic carbocycles. The second kappa shape index (κ2) is 10.6. The fraction of sp³-hybridized carbons (Fsp3) is 0. The third-order valence-electron chi connectivity index (χ3n) is 8.98. The van der Waals surface area contributed by atoms with E-state index in [4.69, 9.17) is 0 Å². The summed E-state index contributed by atoms with van der Waals surface area (Å²) in [6.45, 7) is 0. The van der Waals surface area contributed by atoms with E-state index in [0.717, 1.165) is 33.4 Å². The fourth-order valence-electron chi connectivity index (χ4n) is 6.88. The van der Waals surface area contributed by atoms with Gasteiger partial charge in [0.05, 0.1) is 22.7 Å². The van der Waals surface area contributed by atoms with Gasteiger partial charge < -0.3 is 4.57 Å². The first-order valence-corrected chi connectivity index (χ1v) is 16.2. The van der Waals surface area contributed by atoms with Gasteiger partial charge in [-0.05, 0) is 82.4 Å². The maximum Gasteiger partial charge on any atom is 0.0992 e. The van der Waals surface area contributed by atoms with Crippen molar-refractivity contribution in [2.24, 2.45) is 0 Å². The number of aromatic nitrogens is 1. The van der Waals surface area contributed by atoms with E-state index in [1.807, 2.05) is 23.5 Å². The van der Waals surface area contributed by atoms with E-state index in [2.05, 4.69) is 156 Å². The summed E-state index contributed by atoms with van der Waals surface area (Å²) in [5.74, 6) is 0. The van der Waals surface area contributed by atoms with Crippen molar-refractivity contribution in [1.29, 1.82) is 5.26 Å². The molecular formula is C43H26N2S. The second-order valence-corrected chi connectivity index (χ2v) is 12.7. The Labute approximate surface area is 270 Å². The van der Waals surface area contributed by atoms with Gasteiger partial charge in [-0.1, -0.05) is 103 Å². The lowest BCUT2D eigenvalue weighted by molar-refractivity contribution is 1.18. The first-order valence-electron chi connectivity index (χ1n) is 15.4. The molecule has 0 amide bonds. The van der Waals surface area contributed by atoms with Crippen LogP contribution in [0.2, 0.25) is 0 Å². The van der Waals surface area contributed by atoms with E-state index in [9.17, 15) is 5.26 Å². The maximum atomic E-state index is 10.1. The molecule has 0 unspecified atom stereocenters. The Morgan fingerprint density at radius 3 is 1.78 bits per heavy atom. The zero-order chi connectivity index (χ0) is 30.6. The smallest absolute Gasteiger partial charge is 0.0992 e. The number of hydrogen-bond acceptors (Lipinski definition) is 2. The predicted molar refractivity (Wildman–Crippen MR) is 195 cm³/mol. The highest BCUT2D eigenvalue weighted by atomic mass is 32.1. The Hall–Kier alpha value is -5.95. The minimum Gasteiger partial charge on any atom is -0.309 e. The van der Waals surface area contributed by atoms with Gasteiger partial charge in [0.15, 0.2) is 0 Å². The highest BCUT2D eigenvalue weighted by Gasteiger charge is 2.16. The molecule has 0 saturated heterocycles. The molecule has 0 spiro atoms. The zero-order valence-corrected chi connectivity index (χ0v) is 25.6. The standard InChI is InChI=1S/C43H26N2S/c44-27-28-21-32(24-34(22-28)45-40-18-7-4-15-35(40)36-16-5-8-19-41(36)45)30-13-10-14-31(23-30)33-25-38(29-11-2-1-3-12-29)43-39(26-33)37-17-6-9-20-42(37)46-43/h1-26H. The number of hydrogen-bond donors (Lipinski definition) is 0. The molecule has 2 heterocycles. The van der Waals surface area contributed by atoms with Gasteiger partial charge in [-0.2, -0.15) is 5.26 Å². The molecular weight excluding hydrogens is 577 g/mol. The van der Waals surface area contributed by atoms with E-state index in [1.54, 1.807) is 0 Å². The van der Waals surface area contributed by atoms with Crippen LogP contribution in [0, 0.1) is 11.3 Å². The van der Waals surface area contributed by atoms with Crippen LogP contribution in [0.3, 0.4) is 0 Å². The molecule has 2 nitrogen and oxygen atoms in total. The zero-order valence-electron chi connectivity index (χ0n) is 24.8. The minimum atomic E-state index is 0.636. The van der Waals surface area contributed by atoms with Gasteiger partial charge in [0.1, 0.15) is 0 Å². The predicted octanol–water partition coefficient (Wildman–Crippen LogP) is 12.0.